The van der Waals surface area contributed by atoms with Crippen LogP contribution >= 0.6 is 12.0 Å². The fourth-order valence-electron chi connectivity index (χ4n) is 3.65. The van der Waals surface area contributed by atoms with Crippen molar-refractivity contribution in [2.24, 2.45) is 20.5 Å². The molecule has 22 nitrogen and oxygen atoms in total. The van der Waals surface area contributed by atoms with Crippen molar-refractivity contribution in [3.8, 4) is 11.5 Å². The maximum absolute atomic E-state index is 12.2. The molecule has 26 heteroatoms. The third-order valence-electron chi connectivity index (χ3n) is 5.42. The molecule has 0 aliphatic rings. The maximum atomic E-state index is 12.2. The van der Waals surface area contributed by atoms with Gasteiger partial charge in [-0.25, -0.2) is 10.1 Å². The molecule has 0 saturated carbocycles. The van der Waals surface area contributed by atoms with E-state index in [2.05, 4.69) is 50.3 Å². The number of hydrogen-bond donors (Lipinski definition) is 8. The van der Waals surface area contributed by atoms with Gasteiger partial charge in [-0.2, -0.15) is 16.8 Å². The van der Waals surface area contributed by atoms with Gasteiger partial charge in [-0.05, 0) is 35.7 Å². The van der Waals surface area contributed by atoms with Gasteiger partial charge in [0.1, 0.15) is 26.9 Å². The summed E-state index contributed by atoms with van der Waals surface area (Å²) in [7, 11) is -10.1. The van der Waals surface area contributed by atoms with Crippen LogP contribution in [-0.4, -0.2) is 73.6 Å². The van der Waals surface area contributed by atoms with E-state index in [4.69, 9.17) is 10.4 Å². The number of aromatic hydroxyl groups is 2. The molecule has 1 heterocycles. The Labute approximate surface area is 275 Å². The molecule has 0 atom stereocenters. The molecule has 1 radical (unpaired) electrons. The van der Waals surface area contributed by atoms with Gasteiger partial charge in [0, 0.05) is 29.7 Å². The topological polar surface area (TPSA) is 345 Å². The number of aromatic carboxylic acids is 1. The van der Waals surface area contributed by atoms with Gasteiger partial charge in [0.05, 0.1) is 22.3 Å². The molecular weight excluding hydrogens is 748 g/mol. The number of H-pyrrole nitrogens is 1. The molecule has 4 aromatic rings. The van der Waals surface area contributed by atoms with Gasteiger partial charge in [-0.3, -0.25) is 18.9 Å². The van der Waals surface area contributed by atoms with Gasteiger partial charge in [-0.1, -0.05) is 5.04 Å². The number of hydrogen-bond acceptors (Lipinski definition) is 18. The minimum Gasteiger partial charge on any atom is -0.505 e. The summed E-state index contributed by atoms with van der Waals surface area (Å²) in [4.78, 5) is 22.3. The second kappa shape index (κ2) is 14.4. The Morgan fingerprint density at radius 3 is 2.13 bits per heavy atom. The number of anilines is 1. The Bertz CT molecular complexity index is 2170. The number of nitrogens with one attached hydrogen (secondary N) is 2. The average molecular weight is 764 g/mol. The minimum absolute atomic E-state index is 0. The summed E-state index contributed by atoms with van der Waals surface area (Å²) in [5, 5.41) is 65.7. The fraction of sp³-hybridized carbons (Fsp3) is 0.0476. The molecular formula is C21H16CuN8O14S3. The fourth-order valence-corrected chi connectivity index (χ4v) is 5.45. The molecule has 47 heavy (non-hydrogen) atoms. The van der Waals surface area contributed by atoms with E-state index in [1.165, 1.54) is 6.07 Å². The van der Waals surface area contributed by atoms with Gasteiger partial charge < -0.3 is 20.6 Å². The number of carbonyl (C=O) groups is 2. The molecule has 0 fully saturated rings. The number of phenols is 2. The summed E-state index contributed by atoms with van der Waals surface area (Å²) < 4.78 is 72.2. The average Bonchev–Trinajstić information content (AvgIpc) is 3.43. The molecule has 1 amide bonds. The number of carbonyl (C=O) groups excluding carboxylic acids is 1. The number of rotatable bonds is 11. The summed E-state index contributed by atoms with van der Waals surface area (Å²) >= 11 is 0.162. The van der Waals surface area contributed by atoms with Crippen molar-refractivity contribution in [1.82, 2.24) is 15.2 Å². The molecule has 0 saturated heterocycles. The number of aromatic nitrogens is 3. The Hall–Kier alpha value is -4.63. The van der Waals surface area contributed by atoms with E-state index in [0.717, 1.165) is 31.2 Å². The summed E-state index contributed by atoms with van der Waals surface area (Å²) in [5.74, 6) is -5.44. The first kappa shape index (κ1) is 36.8. The van der Waals surface area contributed by atoms with Crippen molar-refractivity contribution in [2.75, 3.05) is 5.32 Å². The van der Waals surface area contributed by atoms with Crippen LogP contribution in [-0.2, 0) is 51.5 Å². The summed E-state index contributed by atoms with van der Waals surface area (Å²) in [6, 6.07) is 4.82. The third kappa shape index (κ3) is 8.40. The molecule has 0 aliphatic carbocycles. The first-order valence-electron chi connectivity index (χ1n) is 11.6. The van der Waals surface area contributed by atoms with Crippen molar-refractivity contribution in [3.63, 3.8) is 0 Å². The van der Waals surface area contributed by atoms with Crippen LogP contribution in [0, 0.1) is 0 Å². The summed E-state index contributed by atoms with van der Waals surface area (Å²) in [6.45, 7) is 1.14. The largest absolute Gasteiger partial charge is 0.505 e. The van der Waals surface area contributed by atoms with Gasteiger partial charge in [0.15, 0.2) is 11.5 Å². The molecule has 1 aromatic heterocycles. The van der Waals surface area contributed by atoms with E-state index < -0.39 is 87.6 Å². The van der Waals surface area contributed by atoms with E-state index >= 15 is 0 Å². The summed E-state index contributed by atoms with van der Waals surface area (Å²) in [6.07, 6.45) is 0. The Balaban J connectivity index is 0.00000600. The SMILES string of the molecule is CC(=O)Nc1ccc(N=Nc2c(SOOO)cc3cc(S(=O)(=O)O)c(N=Nc4nnc(C(=O)O)[nH]4)c(O)c3c2O)c(S(=O)(=O)O)c1.[Cu]. The number of carboxylic acids is 1. The zero-order valence-electron chi connectivity index (χ0n) is 22.5. The van der Waals surface area contributed by atoms with Crippen molar-refractivity contribution < 1.29 is 82.5 Å². The first-order valence-corrected chi connectivity index (χ1v) is 15.2. The molecule has 3 aromatic carbocycles. The van der Waals surface area contributed by atoms with Crippen LogP contribution < -0.4 is 5.32 Å². The molecule has 0 spiro atoms. The van der Waals surface area contributed by atoms with Gasteiger partial charge in [0.25, 0.3) is 26.2 Å². The van der Waals surface area contributed by atoms with Gasteiger partial charge in [0.2, 0.25) is 11.7 Å². The van der Waals surface area contributed by atoms with Gasteiger partial charge in [-0.15, -0.1) is 35.0 Å². The van der Waals surface area contributed by atoms with Crippen LogP contribution in [0.5, 0.6) is 11.5 Å². The molecule has 0 bridgehead atoms. The van der Waals surface area contributed by atoms with Crippen LogP contribution in [0.25, 0.3) is 10.8 Å². The van der Waals surface area contributed by atoms with Crippen LogP contribution in [0.15, 0.2) is 65.5 Å². The Morgan fingerprint density at radius 2 is 1.55 bits per heavy atom. The van der Waals surface area contributed by atoms with Crippen molar-refractivity contribution in [3.05, 3.63) is 36.2 Å². The zero-order valence-corrected chi connectivity index (χ0v) is 25.9. The first-order chi connectivity index (χ1) is 21.5. The monoisotopic (exact) mass is 763 g/mol. The van der Waals surface area contributed by atoms with E-state index in [9.17, 15) is 45.7 Å². The molecule has 253 valence electrons. The van der Waals surface area contributed by atoms with Crippen LogP contribution in [0.4, 0.5) is 28.7 Å². The van der Waals surface area contributed by atoms with Crippen molar-refractivity contribution in [1.29, 1.82) is 0 Å². The number of carboxylic acid groups (broad SMARTS) is 1. The number of aromatic amines is 1. The van der Waals surface area contributed by atoms with E-state index in [1.54, 1.807) is 0 Å². The maximum Gasteiger partial charge on any atom is 0.373 e. The van der Waals surface area contributed by atoms with Crippen molar-refractivity contribution >= 4 is 83.6 Å². The predicted molar refractivity (Wildman–Crippen MR) is 150 cm³/mol. The second-order valence-corrected chi connectivity index (χ2v) is 12.0. The van der Waals surface area contributed by atoms with Crippen LogP contribution in [0.2, 0.25) is 0 Å². The van der Waals surface area contributed by atoms with Crippen LogP contribution in [0.1, 0.15) is 17.5 Å². The number of nitrogens with zero attached hydrogens (tertiary/aromatic N) is 6. The number of fused-ring (bicyclic) bond motifs is 1. The van der Waals surface area contributed by atoms with Crippen LogP contribution in [0.3, 0.4) is 0 Å². The molecule has 4 rings (SSSR count). The zero-order chi connectivity index (χ0) is 34.0. The predicted octanol–water partition coefficient (Wildman–Crippen LogP) is 3.78. The van der Waals surface area contributed by atoms with E-state index in [-0.39, 0.29) is 45.1 Å². The molecule has 0 aliphatic heterocycles. The Kier molecular flexibility index (Phi) is 11.3. The number of phenolic OH excluding ortho intramolecular Hbond substituents is 2. The molecule has 0 unspecified atom stereocenters. The minimum atomic E-state index is -5.18. The van der Waals surface area contributed by atoms with E-state index in [1.807, 2.05) is 0 Å². The summed E-state index contributed by atoms with van der Waals surface area (Å²) in [5.41, 5.74) is -2.15. The standard InChI is InChI=1S/C21H16N8O14S3.Cu/c1-7(30)22-9-2-3-10(12(6-9)45(36,37)38)24-25-15-11(44-43-42-35)4-8-5-13(46(39,40)41)16(18(32)14(8)17(15)31)26-28-21-23-19(20(33)34)27-29-21;/h2-6,31-32,35H,1H3,(H,22,30)(H,33,34)(H,23,27,29)(H,36,37,38)(H,39,40,41);. The molecule has 8 N–H and O–H groups in total. The second-order valence-electron chi connectivity index (χ2n) is 8.48. The smallest absolute Gasteiger partial charge is 0.373 e. The van der Waals surface area contributed by atoms with Gasteiger partial charge >= 0.3 is 5.97 Å². The number of azo groups is 2. The Morgan fingerprint density at radius 1 is 0.915 bits per heavy atom. The van der Waals surface area contributed by atoms with E-state index in [0.29, 0.717) is 0 Å². The number of benzene rings is 3. The third-order valence-corrected chi connectivity index (χ3v) is 7.79. The van der Waals surface area contributed by atoms with Crippen molar-refractivity contribution in [2.45, 2.75) is 21.6 Å². The normalized spacial score (nSPS) is 12.1. The quantitative estimate of drug-likeness (QED) is 0.0269. The number of amides is 1.